The molecule has 7 aromatic rings. The van der Waals surface area contributed by atoms with Crippen molar-refractivity contribution in [2.45, 2.75) is 0 Å². The van der Waals surface area contributed by atoms with E-state index in [0.29, 0.717) is 0 Å². The fourth-order valence-electron chi connectivity index (χ4n) is 4.74. The minimum Gasteiger partial charge on any atom is -0.456 e. The predicted molar refractivity (Wildman–Crippen MR) is 135 cm³/mol. The minimum atomic E-state index is 0.867. The quantitative estimate of drug-likeness (QED) is 0.265. The highest BCUT2D eigenvalue weighted by Gasteiger charge is 2.13. The van der Waals surface area contributed by atoms with E-state index in [1.165, 1.54) is 5.39 Å². The molecule has 3 heteroatoms. The number of furan rings is 1. The van der Waals surface area contributed by atoms with Crippen molar-refractivity contribution >= 4 is 43.6 Å². The van der Waals surface area contributed by atoms with Gasteiger partial charge in [-0.2, -0.15) is 0 Å². The third kappa shape index (κ3) is 2.83. The summed E-state index contributed by atoms with van der Waals surface area (Å²) in [5.74, 6) is 0. The highest BCUT2D eigenvalue weighted by atomic mass is 16.3. The number of nitrogens with zero attached hydrogens (tertiary/aromatic N) is 2. The molecule has 0 saturated heterocycles. The molecule has 0 aliphatic carbocycles. The van der Waals surface area contributed by atoms with Gasteiger partial charge in [-0.3, -0.25) is 4.98 Å². The molecule has 3 heterocycles. The van der Waals surface area contributed by atoms with Crippen LogP contribution in [0.2, 0.25) is 0 Å². The van der Waals surface area contributed by atoms with Crippen molar-refractivity contribution in [3.63, 3.8) is 0 Å². The first-order chi connectivity index (χ1) is 16.3. The number of benzene rings is 4. The zero-order valence-corrected chi connectivity index (χ0v) is 17.7. The van der Waals surface area contributed by atoms with Crippen LogP contribution in [0.1, 0.15) is 0 Å². The number of hydrogen-bond acceptors (Lipinski definition) is 3. The average Bonchev–Trinajstić information content (AvgIpc) is 3.26. The summed E-state index contributed by atoms with van der Waals surface area (Å²) in [4.78, 5) is 9.73. The maximum Gasteiger partial charge on any atom is 0.135 e. The molecule has 154 valence electrons. The summed E-state index contributed by atoms with van der Waals surface area (Å²) in [5.41, 5.74) is 6.79. The van der Waals surface area contributed by atoms with Crippen LogP contribution in [0.4, 0.5) is 0 Å². The Labute approximate surface area is 190 Å². The van der Waals surface area contributed by atoms with Gasteiger partial charge < -0.3 is 4.42 Å². The second-order valence-electron chi connectivity index (χ2n) is 8.26. The molecule has 3 nitrogen and oxygen atoms in total. The Balaban J connectivity index is 1.44. The van der Waals surface area contributed by atoms with Crippen molar-refractivity contribution < 1.29 is 4.42 Å². The number of rotatable bonds is 2. The maximum atomic E-state index is 6.00. The highest BCUT2D eigenvalue weighted by molar-refractivity contribution is 6.11. The van der Waals surface area contributed by atoms with E-state index < -0.39 is 0 Å². The van der Waals surface area contributed by atoms with Crippen molar-refractivity contribution in [3.8, 4) is 22.5 Å². The van der Waals surface area contributed by atoms with Crippen LogP contribution in [0.25, 0.3) is 66.1 Å². The summed E-state index contributed by atoms with van der Waals surface area (Å²) in [7, 11) is 0. The van der Waals surface area contributed by atoms with Crippen LogP contribution >= 0.6 is 0 Å². The summed E-state index contributed by atoms with van der Waals surface area (Å²) < 4.78 is 6.00. The van der Waals surface area contributed by atoms with Crippen molar-refractivity contribution in [1.29, 1.82) is 0 Å². The van der Waals surface area contributed by atoms with Crippen LogP contribution in [-0.2, 0) is 0 Å². The van der Waals surface area contributed by atoms with Gasteiger partial charge in [-0.15, -0.1) is 0 Å². The second kappa shape index (κ2) is 7.01. The summed E-state index contributed by atoms with van der Waals surface area (Å²) in [6.07, 6.45) is 1.87. The van der Waals surface area contributed by atoms with Gasteiger partial charge in [0.25, 0.3) is 0 Å². The van der Waals surface area contributed by atoms with Crippen LogP contribution in [0.3, 0.4) is 0 Å². The summed E-state index contributed by atoms with van der Waals surface area (Å²) in [5, 5.41) is 5.71. The Kier molecular flexibility index (Phi) is 3.84. The van der Waals surface area contributed by atoms with Gasteiger partial charge in [-0.05, 0) is 52.9 Å². The van der Waals surface area contributed by atoms with E-state index in [9.17, 15) is 0 Å². The van der Waals surface area contributed by atoms with E-state index in [2.05, 4.69) is 78.9 Å². The zero-order chi connectivity index (χ0) is 21.8. The van der Waals surface area contributed by atoms with E-state index >= 15 is 0 Å². The van der Waals surface area contributed by atoms with E-state index in [1.54, 1.807) is 0 Å². The number of pyridine rings is 2. The van der Waals surface area contributed by atoms with Crippen molar-refractivity contribution in [2.24, 2.45) is 0 Å². The molecule has 0 N–H and O–H groups in total. The Morgan fingerprint density at radius 2 is 1.21 bits per heavy atom. The lowest BCUT2D eigenvalue weighted by Crippen LogP contribution is -1.92. The first-order valence-electron chi connectivity index (χ1n) is 11.0. The van der Waals surface area contributed by atoms with Gasteiger partial charge >= 0.3 is 0 Å². The molecule has 0 saturated carbocycles. The first-order valence-corrected chi connectivity index (χ1v) is 11.0. The molecule has 4 aromatic carbocycles. The van der Waals surface area contributed by atoms with Crippen molar-refractivity contribution in [2.75, 3.05) is 0 Å². The fourth-order valence-corrected chi connectivity index (χ4v) is 4.74. The third-order valence-electron chi connectivity index (χ3n) is 6.32. The molecule has 3 aromatic heterocycles. The maximum absolute atomic E-state index is 6.00. The third-order valence-corrected chi connectivity index (χ3v) is 6.32. The van der Waals surface area contributed by atoms with Gasteiger partial charge in [-0.25, -0.2) is 4.98 Å². The lowest BCUT2D eigenvalue weighted by atomic mass is 9.99. The topological polar surface area (TPSA) is 38.9 Å². The first kappa shape index (κ1) is 18.1. The zero-order valence-electron chi connectivity index (χ0n) is 17.7. The van der Waals surface area contributed by atoms with Gasteiger partial charge in [0.05, 0.1) is 16.9 Å². The monoisotopic (exact) mass is 422 g/mol. The van der Waals surface area contributed by atoms with Crippen LogP contribution in [0.15, 0.2) is 114 Å². The molecular weight excluding hydrogens is 404 g/mol. The molecule has 0 unspecified atom stereocenters. The second-order valence-corrected chi connectivity index (χ2v) is 8.26. The van der Waals surface area contributed by atoms with E-state index in [-0.39, 0.29) is 0 Å². The predicted octanol–water partition coefficient (Wildman–Crippen LogP) is 8.02. The van der Waals surface area contributed by atoms with Gasteiger partial charge in [0.1, 0.15) is 11.2 Å². The standard InChI is InChI=1S/C30H18N2O/c1-2-10-24-21(7-1)22-8-3-5-11-26(22)32-30(24)27-18-20(15-16-31-27)19-13-14-29-25(17-19)23-9-4-6-12-28(23)33-29/h1-18H. The molecule has 0 aliphatic rings. The summed E-state index contributed by atoms with van der Waals surface area (Å²) in [6.45, 7) is 0. The summed E-state index contributed by atoms with van der Waals surface area (Å²) in [6, 6.07) is 35.4. The Bertz CT molecular complexity index is 1830. The Morgan fingerprint density at radius 1 is 0.515 bits per heavy atom. The largest absolute Gasteiger partial charge is 0.456 e. The Hall–Kier alpha value is -4.50. The molecule has 7 rings (SSSR count). The normalized spacial score (nSPS) is 11.6. The van der Waals surface area contributed by atoms with E-state index in [1.807, 2.05) is 30.5 Å². The highest BCUT2D eigenvalue weighted by Crippen LogP contribution is 2.35. The lowest BCUT2D eigenvalue weighted by Gasteiger charge is -2.10. The number of para-hydroxylation sites is 2. The molecule has 0 fully saturated rings. The van der Waals surface area contributed by atoms with Crippen LogP contribution in [0, 0.1) is 0 Å². The van der Waals surface area contributed by atoms with Crippen LogP contribution < -0.4 is 0 Å². The molecule has 0 atom stereocenters. The van der Waals surface area contributed by atoms with Crippen molar-refractivity contribution in [1.82, 2.24) is 9.97 Å². The molecule has 0 amide bonds. The summed E-state index contributed by atoms with van der Waals surface area (Å²) >= 11 is 0. The molecule has 0 bridgehead atoms. The van der Waals surface area contributed by atoms with Gasteiger partial charge in [0.2, 0.25) is 0 Å². The van der Waals surface area contributed by atoms with Crippen molar-refractivity contribution in [3.05, 3.63) is 109 Å². The minimum absolute atomic E-state index is 0.867. The van der Waals surface area contributed by atoms with Gasteiger partial charge in [0, 0.05) is 27.7 Å². The van der Waals surface area contributed by atoms with Crippen LogP contribution in [-0.4, -0.2) is 9.97 Å². The number of aromatic nitrogens is 2. The molecule has 0 radical (unpaired) electrons. The molecular formula is C30H18N2O. The van der Waals surface area contributed by atoms with E-state index in [0.717, 1.165) is 60.7 Å². The van der Waals surface area contributed by atoms with Gasteiger partial charge in [0.15, 0.2) is 0 Å². The average molecular weight is 422 g/mol. The molecule has 0 spiro atoms. The Morgan fingerprint density at radius 3 is 2.12 bits per heavy atom. The number of hydrogen-bond donors (Lipinski definition) is 0. The molecule has 0 aliphatic heterocycles. The SMILES string of the molecule is c1ccc2c(c1)nc(-c1cc(-c3ccc4oc5ccccc5c4c3)ccn1)c1ccccc12. The number of fused-ring (bicyclic) bond motifs is 6. The van der Waals surface area contributed by atoms with E-state index in [4.69, 9.17) is 14.4 Å². The fraction of sp³-hybridized carbons (Fsp3) is 0. The lowest BCUT2D eigenvalue weighted by molar-refractivity contribution is 0.669. The van der Waals surface area contributed by atoms with Crippen LogP contribution in [0.5, 0.6) is 0 Å². The smallest absolute Gasteiger partial charge is 0.135 e. The molecule has 33 heavy (non-hydrogen) atoms. The van der Waals surface area contributed by atoms with Gasteiger partial charge in [-0.1, -0.05) is 66.7 Å².